The van der Waals surface area contributed by atoms with E-state index in [0.29, 0.717) is 31.0 Å². The highest BCUT2D eigenvalue weighted by atomic mass is 32.1. The number of ether oxygens (including phenoxy) is 1. The van der Waals surface area contributed by atoms with Crippen molar-refractivity contribution in [3.05, 3.63) is 64.9 Å². The first-order valence-corrected chi connectivity index (χ1v) is 8.94. The molecule has 1 N–H and O–H groups in total. The van der Waals surface area contributed by atoms with Gasteiger partial charge in [0.15, 0.2) is 0 Å². The first-order valence-electron chi connectivity index (χ1n) is 8.06. The van der Waals surface area contributed by atoms with E-state index in [9.17, 15) is 9.59 Å². The van der Waals surface area contributed by atoms with Gasteiger partial charge < -0.3 is 15.0 Å². The molecule has 0 fully saturated rings. The van der Waals surface area contributed by atoms with Gasteiger partial charge in [0.05, 0.1) is 19.7 Å². The smallest absolute Gasteiger partial charge is 0.251 e. The van der Waals surface area contributed by atoms with Gasteiger partial charge in [0.2, 0.25) is 5.91 Å². The molecule has 0 atom stereocenters. The topological polar surface area (TPSA) is 58.6 Å². The fourth-order valence-corrected chi connectivity index (χ4v) is 2.96. The molecule has 0 aliphatic carbocycles. The van der Waals surface area contributed by atoms with Crippen molar-refractivity contribution in [1.29, 1.82) is 0 Å². The maximum absolute atomic E-state index is 12.4. The summed E-state index contributed by atoms with van der Waals surface area (Å²) in [4.78, 5) is 27.3. The van der Waals surface area contributed by atoms with Crippen LogP contribution in [0.4, 0.5) is 0 Å². The van der Waals surface area contributed by atoms with Crippen LogP contribution >= 0.6 is 11.3 Å². The zero-order valence-corrected chi connectivity index (χ0v) is 15.1. The quantitative estimate of drug-likeness (QED) is 0.701. The van der Waals surface area contributed by atoms with Crippen LogP contribution in [0.5, 0.6) is 5.75 Å². The molecular weight excluding hydrogens is 336 g/mol. The predicted molar refractivity (Wildman–Crippen MR) is 99.9 cm³/mol. The normalized spacial score (nSPS) is 10.1. The number of hydrogen-bond acceptors (Lipinski definition) is 4. The summed E-state index contributed by atoms with van der Waals surface area (Å²) in [5.74, 6) is 0.280. The first kappa shape index (κ1) is 18.7. The van der Waals surface area contributed by atoms with Gasteiger partial charge in [0.25, 0.3) is 5.91 Å². The van der Waals surface area contributed by atoms with Gasteiger partial charge in [-0.3, -0.25) is 9.59 Å². The Hall–Kier alpha value is -2.60. The zero-order valence-electron chi connectivity index (χ0n) is 14.2. The van der Waals surface area contributed by atoms with Crippen molar-refractivity contribution in [3.63, 3.8) is 0 Å². The van der Waals surface area contributed by atoms with E-state index >= 15 is 0 Å². The molecule has 25 heavy (non-hydrogen) atoms. The molecule has 5 nitrogen and oxygen atoms in total. The molecule has 2 aromatic rings. The highest BCUT2D eigenvalue weighted by Crippen LogP contribution is 2.13. The lowest BCUT2D eigenvalue weighted by Gasteiger charge is -2.20. The van der Waals surface area contributed by atoms with Crippen LogP contribution < -0.4 is 10.1 Å². The van der Waals surface area contributed by atoms with E-state index in [-0.39, 0.29) is 18.4 Å². The minimum absolute atomic E-state index is 0.0503. The molecule has 0 unspecified atom stereocenters. The van der Waals surface area contributed by atoms with Crippen LogP contribution in [0.15, 0.2) is 54.4 Å². The molecule has 0 bridgehead atoms. The number of nitrogens with zero attached hydrogens (tertiary/aromatic N) is 1. The van der Waals surface area contributed by atoms with Crippen molar-refractivity contribution in [2.24, 2.45) is 0 Å². The van der Waals surface area contributed by atoms with Gasteiger partial charge in [-0.05, 0) is 42.6 Å². The highest BCUT2D eigenvalue weighted by molar-refractivity contribution is 7.09. The Morgan fingerprint density at radius 1 is 1.28 bits per heavy atom. The van der Waals surface area contributed by atoms with E-state index in [4.69, 9.17) is 4.74 Å². The Morgan fingerprint density at radius 3 is 2.64 bits per heavy atom. The molecule has 0 saturated heterocycles. The van der Waals surface area contributed by atoms with Gasteiger partial charge >= 0.3 is 0 Å². The van der Waals surface area contributed by atoms with Gasteiger partial charge in [-0.25, -0.2) is 0 Å². The van der Waals surface area contributed by atoms with E-state index < -0.39 is 0 Å². The molecular formula is C19H22N2O3S. The molecule has 1 aromatic heterocycles. The summed E-state index contributed by atoms with van der Waals surface area (Å²) in [7, 11) is 0. The van der Waals surface area contributed by atoms with Crippen LogP contribution in [0, 0.1) is 0 Å². The third-order valence-corrected chi connectivity index (χ3v) is 4.32. The van der Waals surface area contributed by atoms with E-state index in [1.165, 1.54) is 0 Å². The minimum atomic E-state index is -0.286. The third-order valence-electron chi connectivity index (χ3n) is 3.46. The standard InChI is InChI=1S/C19H22N2O3S/c1-3-11-21(14-17-6-5-12-25-17)18(22)13-20-19(23)15-7-9-16(10-8-15)24-4-2/h3,5-10,12H,1,4,11,13-14H2,2H3,(H,20,23). The number of carbonyl (C=O) groups is 2. The van der Waals surface area contributed by atoms with Crippen molar-refractivity contribution in [2.75, 3.05) is 19.7 Å². The molecule has 1 heterocycles. The summed E-state index contributed by atoms with van der Waals surface area (Å²) in [5.41, 5.74) is 0.491. The van der Waals surface area contributed by atoms with Gasteiger partial charge in [-0.1, -0.05) is 12.1 Å². The Morgan fingerprint density at radius 2 is 2.04 bits per heavy atom. The van der Waals surface area contributed by atoms with Crippen molar-refractivity contribution >= 4 is 23.2 Å². The summed E-state index contributed by atoms with van der Waals surface area (Å²) >= 11 is 1.59. The molecule has 0 spiro atoms. The summed E-state index contributed by atoms with van der Waals surface area (Å²) in [6.07, 6.45) is 1.68. The monoisotopic (exact) mass is 358 g/mol. The molecule has 132 valence electrons. The molecule has 2 amide bonds. The van der Waals surface area contributed by atoms with Gasteiger partial charge in [-0.15, -0.1) is 17.9 Å². The second kappa shape index (κ2) is 9.64. The molecule has 0 aliphatic rings. The first-order chi connectivity index (χ1) is 12.1. The maximum atomic E-state index is 12.4. The van der Waals surface area contributed by atoms with Crippen molar-refractivity contribution in [2.45, 2.75) is 13.5 Å². The molecule has 6 heteroatoms. The lowest BCUT2D eigenvalue weighted by Crippen LogP contribution is -2.39. The second-order valence-electron chi connectivity index (χ2n) is 5.28. The lowest BCUT2D eigenvalue weighted by atomic mass is 10.2. The number of carbonyl (C=O) groups excluding carboxylic acids is 2. The number of hydrogen-bond donors (Lipinski definition) is 1. The fourth-order valence-electron chi connectivity index (χ4n) is 2.24. The summed E-state index contributed by atoms with van der Waals surface area (Å²) < 4.78 is 5.35. The fraction of sp³-hybridized carbons (Fsp3) is 0.263. The highest BCUT2D eigenvalue weighted by Gasteiger charge is 2.15. The minimum Gasteiger partial charge on any atom is -0.494 e. The average molecular weight is 358 g/mol. The largest absolute Gasteiger partial charge is 0.494 e. The Bertz CT molecular complexity index is 696. The van der Waals surface area contributed by atoms with Gasteiger partial charge in [0, 0.05) is 17.0 Å². The van der Waals surface area contributed by atoms with Gasteiger partial charge in [-0.2, -0.15) is 0 Å². The van der Waals surface area contributed by atoms with Crippen molar-refractivity contribution < 1.29 is 14.3 Å². The summed E-state index contributed by atoms with van der Waals surface area (Å²) in [6.45, 7) is 7.07. The van der Waals surface area contributed by atoms with E-state index in [1.807, 2.05) is 24.4 Å². The second-order valence-corrected chi connectivity index (χ2v) is 6.31. The third kappa shape index (κ3) is 5.76. The van der Waals surface area contributed by atoms with Crippen molar-refractivity contribution in [3.8, 4) is 5.75 Å². The molecule has 2 rings (SSSR count). The number of nitrogens with one attached hydrogen (secondary N) is 1. The number of thiophene rings is 1. The van der Waals surface area contributed by atoms with Crippen LogP contribution in [-0.2, 0) is 11.3 Å². The Labute approximate surface area is 151 Å². The Balaban J connectivity index is 1.89. The predicted octanol–water partition coefficient (Wildman–Crippen LogP) is 3.09. The lowest BCUT2D eigenvalue weighted by molar-refractivity contribution is -0.130. The van der Waals surface area contributed by atoms with Crippen LogP contribution in [0.25, 0.3) is 0 Å². The van der Waals surface area contributed by atoms with Crippen molar-refractivity contribution in [1.82, 2.24) is 10.2 Å². The summed E-state index contributed by atoms with van der Waals surface area (Å²) in [5, 5.41) is 4.64. The van der Waals surface area contributed by atoms with Crippen LogP contribution in [0.2, 0.25) is 0 Å². The molecule has 0 saturated carbocycles. The number of rotatable bonds is 9. The van der Waals surface area contributed by atoms with Crippen LogP contribution in [-0.4, -0.2) is 36.4 Å². The van der Waals surface area contributed by atoms with E-state index in [2.05, 4.69) is 11.9 Å². The van der Waals surface area contributed by atoms with Gasteiger partial charge in [0.1, 0.15) is 5.75 Å². The Kier molecular flexibility index (Phi) is 7.22. The van der Waals surface area contributed by atoms with Crippen LogP contribution in [0.1, 0.15) is 22.2 Å². The molecule has 0 radical (unpaired) electrons. The maximum Gasteiger partial charge on any atom is 0.251 e. The molecule has 1 aromatic carbocycles. The van der Waals surface area contributed by atoms with Crippen LogP contribution in [0.3, 0.4) is 0 Å². The summed E-state index contributed by atoms with van der Waals surface area (Å²) in [6, 6.07) is 10.8. The van der Waals surface area contributed by atoms with E-state index in [1.54, 1.807) is 46.6 Å². The average Bonchev–Trinajstić information content (AvgIpc) is 3.13. The zero-order chi connectivity index (χ0) is 18.1. The number of benzene rings is 1. The SMILES string of the molecule is C=CCN(Cc1cccs1)C(=O)CNC(=O)c1ccc(OCC)cc1. The molecule has 0 aliphatic heterocycles. The number of amides is 2. The van der Waals surface area contributed by atoms with E-state index in [0.717, 1.165) is 4.88 Å².